The zero-order valence-electron chi connectivity index (χ0n) is 32.9. The molecule has 5 fully saturated rings. The molecule has 304 valence electrons. The van der Waals surface area contributed by atoms with Crippen molar-refractivity contribution in [1.82, 2.24) is 15.1 Å². The number of phenolic OH excluding ortho intramolecular Hbond substituents is 2. The zero-order valence-corrected chi connectivity index (χ0v) is 33.6. The third kappa shape index (κ3) is 7.58. The molecule has 4 aromatic carbocycles. The number of phenols is 2. The molecule has 4 amide bonds. The number of nitrogens with zero attached hydrogens (tertiary/aromatic N) is 4. The van der Waals surface area contributed by atoms with Crippen LogP contribution in [-0.2, 0) is 9.59 Å². The van der Waals surface area contributed by atoms with E-state index in [-0.39, 0.29) is 30.2 Å². The second-order valence-corrected chi connectivity index (χ2v) is 16.9. The molecule has 3 atom stereocenters. The van der Waals surface area contributed by atoms with E-state index in [0.717, 1.165) is 96.8 Å². The van der Waals surface area contributed by atoms with E-state index in [0.29, 0.717) is 41.4 Å². The normalized spacial score (nSPS) is 22.8. The van der Waals surface area contributed by atoms with Gasteiger partial charge in [0.05, 0.1) is 11.1 Å². The van der Waals surface area contributed by atoms with Crippen LogP contribution in [0.15, 0.2) is 91.0 Å². The summed E-state index contributed by atoms with van der Waals surface area (Å²) in [5, 5.41) is 22.3. The Balaban J connectivity index is 0.836. The Morgan fingerprint density at radius 1 is 0.678 bits per heavy atom. The van der Waals surface area contributed by atoms with Crippen molar-refractivity contribution in [2.75, 3.05) is 48.4 Å². The Kier molecular flexibility index (Phi) is 10.7. The minimum Gasteiger partial charge on any atom is -0.508 e. The van der Waals surface area contributed by atoms with E-state index in [4.69, 9.17) is 11.6 Å². The first-order valence-corrected chi connectivity index (χ1v) is 21.3. The van der Waals surface area contributed by atoms with Crippen molar-refractivity contribution in [2.45, 2.75) is 63.1 Å². The summed E-state index contributed by atoms with van der Waals surface area (Å²) in [6, 6.07) is 28.5. The van der Waals surface area contributed by atoms with Crippen molar-refractivity contribution >= 4 is 57.8 Å². The van der Waals surface area contributed by atoms with Crippen LogP contribution in [0.3, 0.4) is 0 Å². The molecule has 0 spiro atoms. The van der Waals surface area contributed by atoms with Gasteiger partial charge in [-0.05, 0) is 127 Å². The number of piperidine rings is 4. The average molecular weight is 814 g/mol. The van der Waals surface area contributed by atoms with Gasteiger partial charge in [-0.1, -0.05) is 36.4 Å². The molecule has 0 aromatic heterocycles. The highest BCUT2D eigenvalue weighted by Crippen LogP contribution is 2.39. The zero-order chi connectivity index (χ0) is 40.8. The summed E-state index contributed by atoms with van der Waals surface area (Å²) in [5.41, 5.74) is 7.93. The molecule has 3 N–H and O–H groups in total. The van der Waals surface area contributed by atoms with Gasteiger partial charge >= 0.3 is 0 Å². The van der Waals surface area contributed by atoms with Gasteiger partial charge < -0.3 is 20.0 Å². The van der Waals surface area contributed by atoms with Crippen LogP contribution in [0, 0.1) is 5.92 Å². The van der Waals surface area contributed by atoms with E-state index in [9.17, 15) is 29.4 Å². The minimum absolute atomic E-state index is 0.0964. The number of carbonyl (C=O) groups excluding carboxylic acids is 4. The van der Waals surface area contributed by atoms with E-state index in [2.05, 4.69) is 44.3 Å². The number of allylic oxidation sites excluding steroid dienone is 1. The highest BCUT2D eigenvalue weighted by atomic mass is 35.5. The lowest BCUT2D eigenvalue weighted by Crippen LogP contribution is -2.63. The molecule has 0 aliphatic carbocycles. The molecule has 12 heteroatoms. The fraction of sp³-hybridized carbons (Fsp3) is 0.362. The smallest absolute Gasteiger partial charge is 0.262 e. The third-order valence-electron chi connectivity index (χ3n) is 13.0. The first-order valence-electron chi connectivity index (χ1n) is 20.7. The van der Waals surface area contributed by atoms with Crippen molar-refractivity contribution in [2.24, 2.45) is 5.92 Å². The number of hydrogen-bond acceptors (Lipinski definition) is 9. The fourth-order valence-corrected chi connectivity index (χ4v) is 10.1. The van der Waals surface area contributed by atoms with E-state index in [1.54, 1.807) is 30.3 Å². The van der Waals surface area contributed by atoms with E-state index in [1.807, 2.05) is 36.4 Å². The maximum atomic E-state index is 13.5. The molecule has 6 heterocycles. The lowest BCUT2D eigenvalue weighted by atomic mass is 9.87. The van der Waals surface area contributed by atoms with Gasteiger partial charge in [-0.25, -0.2) is 0 Å². The first-order chi connectivity index (χ1) is 28.6. The summed E-state index contributed by atoms with van der Waals surface area (Å²) < 4.78 is 0. The summed E-state index contributed by atoms with van der Waals surface area (Å²) in [6.07, 6.45) is 5.32. The van der Waals surface area contributed by atoms with Crippen molar-refractivity contribution in [3.05, 3.63) is 119 Å². The number of fused-ring (bicyclic) bond motifs is 4. The van der Waals surface area contributed by atoms with Gasteiger partial charge in [-0.2, -0.15) is 0 Å². The van der Waals surface area contributed by atoms with Crippen molar-refractivity contribution < 1.29 is 29.4 Å². The molecule has 10 rings (SSSR count). The molecule has 0 saturated carbocycles. The average Bonchev–Trinajstić information content (AvgIpc) is 3.50. The van der Waals surface area contributed by atoms with Crippen LogP contribution >= 0.6 is 11.6 Å². The third-order valence-corrected chi connectivity index (χ3v) is 13.2. The Bertz CT molecular complexity index is 2300. The van der Waals surface area contributed by atoms with Gasteiger partial charge in [-0.3, -0.25) is 34.3 Å². The van der Waals surface area contributed by atoms with Crippen LogP contribution in [0.1, 0.15) is 82.4 Å². The van der Waals surface area contributed by atoms with Crippen LogP contribution in [0.4, 0.5) is 11.4 Å². The van der Waals surface area contributed by atoms with Crippen molar-refractivity contribution in [3.8, 4) is 11.5 Å². The molecule has 4 aromatic rings. The molecule has 6 aliphatic heterocycles. The van der Waals surface area contributed by atoms with E-state index in [1.165, 1.54) is 5.69 Å². The summed E-state index contributed by atoms with van der Waals surface area (Å²) in [5.74, 6) is -0.461. The van der Waals surface area contributed by atoms with E-state index >= 15 is 0 Å². The van der Waals surface area contributed by atoms with Gasteiger partial charge in [0.15, 0.2) is 0 Å². The lowest BCUT2D eigenvalue weighted by Gasteiger charge is -2.53. The number of aromatic hydroxyl groups is 2. The van der Waals surface area contributed by atoms with Gasteiger partial charge in [-0.15, -0.1) is 11.6 Å². The maximum Gasteiger partial charge on any atom is 0.262 e. The number of anilines is 2. The summed E-state index contributed by atoms with van der Waals surface area (Å²) in [4.78, 5) is 59.6. The Morgan fingerprint density at radius 3 is 1.92 bits per heavy atom. The summed E-state index contributed by atoms with van der Waals surface area (Å²) in [6.45, 7) is 4.88. The van der Waals surface area contributed by atoms with E-state index < -0.39 is 23.8 Å². The van der Waals surface area contributed by atoms with Crippen LogP contribution in [0.5, 0.6) is 11.5 Å². The fourth-order valence-electron chi connectivity index (χ4n) is 9.95. The maximum absolute atomic E-state index is 13.5. The molecule has 2 bridgehead atoms. The number of alkyl halides is 1. The predicted octanol–water partition coefficient (Wildman–Crippen LogP) is 6.66. The van der Waals surface area contributed by atoms with Gasteiger partial charge in [0.25, 0.3) is 11.8 Å². The second-order valence-electron chi connectivity index (χ2n) is 16.5. The molecular formula is C47H48ClN5O6. The molecule has 5 saturated heterocycles. The number of halogens is 1. The van der Waals surface area contributed by atoms with Crippen LogP contribution in [0.2, 0.25) is 0 Å². The number of imide groups is 2. The highest BCUT2D eigenvalue weighted by Gasteiger charge is 2.46. The van der Waals surface area contributed by atoms with Crippen LogP contribution in [-0.4, -0.2) is 100 Å². The van der Waals surface area contributed by atoms with Gasteiger partial charge in [0.2, 0.25) is 11.8 Å². The van der Waals surface area contributed by atoms with Crippen LogP contribution in [0.25, 0.3) is 11.1 Å². The summed E-state index contributed by atoms with van der Waals surface area (Å²) in [7, 11) is 0. The number of amides is 4. The van der Waals surface area contributed by atoms with Crippen LogP contribution < -0.4 is 15.1 Å². The molecule has 6 aliphatic rings. The van der Waals surface area contributed by atoms with Crippen molar-refractivity contribution in [3.63, 3.8) is 0 Å². The number of benzene rings is 4. The molecule has 3 unspecified atom stereocenters. The molecule has 11 nitrogen and oxygen atoms in total. The quantitative estimate of drug-likeness (QED) is 0.0914. The minimum atomic E-state index is -0.971. The highest BCUT2D eigenvalue weighted by molar-refractivity contribution is 6.23. The molecule has 59 heavy (non-hydrogen) atoms. The Labute approximate surface area is 348 Å². The van der Waals surface area contributed by atoms with Gasteiger partial charge in [0.1, 0.15) is 17.5 Å². The SMILES string of the molecule is O=C1CCC(N2C(=O)c3ccc(N4CC5CCC4CN5CC4CCN(c5ccc(C(=C(CCCl)c6ccc(O)cc6)c6ccc(O)cc6)cc5)CC4)cc3C2=O)C(=O)N1. The van der Waals surface area contributed by atoms with Crippen molar-refractivity contribution in [1.29, 1.82) is 0 Å². The monoisotopic (exact) mass is 813 g/mol. The predicted molar refractivity (Wildman–Crippen MR) is 228 cm³/mol. The lowest BCUT2D eigenvalue weighted by molar-refractivity contribution is -0.136. The topological polar surface area (TPSA) is 134 Å². The summed E-state index contributed by atoms with van der Waals surface area (Å²) >= 11 is 6.36. The largest absolute Gasteiger partial charge is 0.508 e. The number of nitrogens with one attached hydrogen (secondary N) is 1. The Hall–Kier alpha value is -5.65. The number of carbonyl (C=O) groups is 4. The second kappa shape index (κ2) is 16.2. The van der Waals surface area contributed by atoms with Gasteiger partial charge in [0, 0.05) is 68.5 Å². The number of rotatable bonds is 10. The standard InChI is InChI=1S/C47H48ClN5O6/c48-22-19-39(30-3-12-37(54)13-4-30)44(32-5-14-38(55)15-6-32)31-1-7-33(8-2-31)50-23-20-29(21-24-50)26-51-27-36-10-9-35(51)28-52(36)34-11-16-40-41(25-34)47(59)53(46(40)58)42-17-18-43(56)49-45(42)57/h1-8,11-16,25,29,35-36,42,54-55H,9-10,17-24,26-28H2,(H,49,56,57). The molecule has 0 radical (unpaired) electrons. The Morgan fingerprint density at radius 2 is 1.29 bits per heavy atom. The first kappa shape index (κ1) is 38.8. The number of piperazine rings is 1. The number of hydrogen-bond donors (Lipinski definition) is 3. The molecular weight excluding hydrogens is 766 g/mol.